The van der Waals surface area contributed by atoms with Crippen LogP contribution in [0.4, 0.5) is 5.95 Å². The minimum Gasteiger partial charge on any atom is -0.497 e. The molecule has 0 aliphatic heterocycles. The largest absolute Gasteiger partial charge is 0.497 e. The number of benzene rings is 2. The molecule has 2 aliphatic rings. The SMILES string of the molecule is COc1cccc(-n2c(NN)nc3c(c2=O)C2(CCCCC2)Cc2ccccc2-3)c1. The summed E-state index contributed by atoms with van der Waals surface area (Å²) in [5.41, 5.74) is 7.04. The lowest BCUT2D eigenvalue weighted by Gasteiger charge is -2.42. The molecule has 0 unspecified atom stereocenters. The average Bonchev–Trinajstić information content (AvgIpc) is 2.79. The fraction of sp³-hybridized carbons (Fsp3) is 0.333. The molecule has 0 saturated heterocycles. The van der Waals surface area contributed by atoms with Crippen LogP contribution in [-0.4, -0.2) is 16.7 Å². The fourth-order valence-corrected chi connectivity index (χ4v) is 5.29. The van der Waals surface area contributed by atoms with Crippen LogP contribution in [0.2, 0.25) is 0 Å². The lowest BCUT2D eigenvalue weighted by molar-refractivity contribution is 0.284. The van der Waals surface area contributed by atoms with Crippen molar-refractivity contribution >= 4 is 5.95 Å². The summed E-state index contributed by atoms with van der Waals surface area (Å²) in [5.74, 6) is 6.85. The lowest BCUT2D eigenvalue weighted by Crippen LogP contribution is -2.43. The number of hydrogen-bond acceptors (Lipinski definition) is 5. The second-order valence-corrected chi connectivity index (χ2v) is 8.32. The highest BCUT2D eigenvalue weighted by molar-refractivity contribution is 5.73. The normalized spacial score (nSPS) is 16.6. The van der Waals surface area contributed by atoms with Gasteiger partial charge >= 0.3 is 0 Å². The Bertz CT molecular complexity index is 1160. The van der Waals surface area contributed by atoms with E-state index in [-0.39, 0.29) is 11.0 Å². The number of rotatable bonds is 3. The monoisotopic (exact) mass is 402 g/mol. The molecule has 0 radical (unpaired) electrons. The molecule has 3 N–H and O–H groups in total. The molecule has 0 amide bonds. The Labute approximate surface area is 175 Å². The second kappa shape index (κ2) is 7.29. The van der Waals surface area contributed by atoms with Gasteiger partial charge in [0.05, 0.1) is 24.1 Å². The van der Waals surface area contributed by atoms with Crippen molar-refractivity contribution in [1.82, 2.24) is 9.55 Å². The van der Waals surface area contributed by atoms with Crippen LogP contribution < -0.4 is 21.6 Å². The second-order valence-electron chi connectivity index (χ2n) is 8.32. The number of methoxy groups -OCH3 is 1. The van der Waals surface area contributed by atoms with E-state index in [1.165, 1.54) is 12.0 Å². The molecule has 5 rings (SSSR count). The van der Waals surface area contributed by atoms with Gasteiger partial charge in [-0.15, -0.1) is 0 Å². The van der Waals surface area contributed by atoms with E-state index >= 15 is 0 Å². The maximum Gasteiger partial charge on any atom is 0.263 e. The highest BCUT2D eigenvalue weighted by Crippen LogP contribution is 2.48. The summed E-state index contributed by atoms with van der Waals surface area (Å²) in [7, 11) is 1.61. The van der Waals surface area contributed by atoms with Crippen LogP contribution >= 0.6 is 0 Å². The Morgan fingerprint density at radius 2 is 1.90 bits per heavy atom. The van der Waals surface area contributed by atoms with Crippen molar-refractivity contribution in [2.24, 2.45) is 5.84 Å². The topological polar surface area (TPSA) is 82.2 Å². The van der Waals surface area contributed by atoms with E-state index < -0.39 is 0 Å². The van der Waals surface area contributed by atoms with Crippen LogP contribution in [0.3, 0.4) is 0 Å². The maximum atomic E-state index is 14.1. The molecule has 1 fully saturated rings. The van der Waals surface area contributed by atoms with Crippen molar-refractivity contribution < 1.29 is 4.74 Å². The predicted molar refractivity (Wildman–Crippen MR) is 118 cm³/mol. The molecule has 3 aromatic rings. The Morgan fingerprint density at radius 3 is 2.67 bits per heavy atom. The zero-order chi connectivity index (χ0) is 20.7. The quantitative estimate of drug-likeness (QED) is 0.512. The smallest absolute Gasteiger partial charge is 0.263 e. The van der Waals surface area contributed by atoms with Gasteiger partial charge in [-0.3, -0.25) is 10.2 Å². The van der Waals surface area contributed by atoms with Gasteiger partial charge in [0.1, 0.15) is 5.75 Å². The molecule has 1 aromatic heterocycles. The summed E-state index contributed by atoms with van der Waals surface area (Å²) in [5, 5.41) is 0. The van der Waals surface area contributed by atoms with Crippen molar-refractivity contribution in [1.29, 1.82) is 0 Å². The van der Waals surface area contributed by atoms with Crippen LogP contribution in [0.1, 0.15) is 43.2 Å². The van der Waals surface area contributed by atoms with E-state index in [9.17, 15) is 4.79 Å². The van der Waals surface area contributed by atoms with Gasteiger partial charge in [-0.1, -0.05) is 49.6 Å². The van der Waals surface area contributed by atoms with Gasteiger partial charge in [-0.25, -0.2) is 15.4 Å². The van der Waals surface area contributed by atoms with E-state index in [0.29, 0.717) is 17.4 Å². The zero-order valence-corrected chi connectivity index (χ0v) is 17.1. The summed E-state index contributed by atoms with van der Waals surface area (Å²) in [4.78, 5) is 19.0. The van der Waals surface area contributed by atoms with E-state index in [4.69, 9.17) is 15.6 Å². The number of ether oxygens (including phenoxy) is 1. The highest BCUT2D eigenvalue weighted by Gasteiger charge is 2.43. The number of nitrogens with one attached hydrogen (secondary N) is 1. The molecule has 1 saturated carbocycles. The molecule has 2 aromatic carbocycles. The summed E-state index contributed by atoms with van der Waals surface area (Å²) < 4.78 is 6.96. The van der Waals surface area contributed by atoms with E-state index in [1.807, 2.05) is 30.3 Å². The zero-order valence-electron chi connectivity index (χ0n) is 17.1. The number of nitrogens with zero attached hydrogens (tertiary/aromatic N) is 2. The minimum absolute atomic E-state index is 0.0439. The first-order valence-electron chi connectivity index (χ1n) is 10.5. The summed E-state index contributed by atoms with van der Waals surface area (Å²) in [6.07, 6.45) is 6.41. The van der Waals surface area contributed by atoms with Gasteiger partial charge in [-0.2, -0.15) is 0 Å². The maximum absolute atomic E-state index is 14.1. The summed E-state index contributed by atoms with van der Waals surface area (Å²) in [6.45, 7) is 0. The van der Waals surface area contributed by atoms with Crippen LogP contribution in [0.15, 0.2) is 53.3 Å². The first kappa shape index (κ1) is 18.9. The molecule has 30 heavy (non-hydrogen) atoms. The number of hydrazine groups is 1. The number of nitrogens with two attached hydrogens (primary N) is 1. The van der Waals surface area contributed by atoms with Crippen molar-refractivity contribution in [2.45, 2.75) is 43.9 Å². The fourth-order valence-electron chi connectivity index (χ4n) is 5.29. The standard InChI is InChI=1S/C24H26N4O2/c1-30-18-10-7-9-17(14-18)28-22(29)20-21(26-23(28)27-25)19-11-4-3-8-16(19)15-24(20)12-5-2-6-13-24/h3-4,7-11,14H,2,5-6,12-13,15,25H2,1H3,(H,26,27). The summed E-state index contributed by atoms with van der Waals surface area (Å²) in [6, 6.07) is 15.7. The van der Waals surface area contributed by atoms with E-state index in [0.717, 1.165) is 48.9 Å². The van der Waals surface area contributed by atoms with Crippen LogP contribution in [-0.2, 0) is 11.8 Å². The van der Waals surface area contributed by atoms with Gasteiger partial charge in [0.2, 0.25) is 5.95 Å². The average molecular weight is 402 g/mol. The molecule has 1 spiro atoms. The first-order valence-corrected chi connectivity index (χ1v) is 10.5. The van der Waals surface area contributed by atoms with Gasteiger partial charge in [0.25, 0.3) is 5.56 Å². The van der Waals surface area contributed by atoms with E-state index in [2.05, 4.69) is 23.6 Å². The first-order chi connectivity index (χ1) is 14.7. The number of nitrogen functional groups attached to an aromatic ring is 1. The molecule has 1 heterocycles. The van der Waals surface area contributed by atoms with E-state index in [1.54, 1.807) is 11.7 Å². The van der Waals surface area contributed by atoms with Gasteiger partial charge in [0, 0.05) is 17.0 Å². The Balaban J connectivity index is 1.83. The number of anilines is 1. The van der Waals surface area contributed by atoms with Crippen molar-refractivity contribution in [2.75, 3.05) is 12.5 Å². The van der Waals surface area contributed by atoms with Crippen molar-refractivity contribution in [3.63, 3.8) is 0 Å². The summed E-state index contributed by atoms with van der Waals surface area (Å²) >= 11 is 0. The molecule has 0 atom stereocenters. The molecule has 6 nitrogen and oxygen atoms in total. The number of hydrogen-bond donors (Lipinski definition) is 2. The third-order valence-electron chi connectivity index (χ3n) is 6.67. The van der Waals surface area contributed by atoms with Crippen molar-refractivity contribution in [3.8, 4) is 22.7 Å². The number of aromatic nitrogens is 2. The van der Waals surface area contributed by atoms with Crippen molar-refractivity contribution in [3.05, 3.63) is 70.0 Å². The third-order valence-corrected chi connectivity index (χ3v) is 6.67. The lowest BCUT2D eigenvalue weighted by atomic mass is 9.62. The Kier molecular flexibility index (Phi) is 4.59. The van der Waals surface area contributed by atoms with Gasteiger partial charge < -0.3 is 4.74 Å². The number of fused-ring (bicyclic) bond motifs is 4. The predicted octanol–water partition coefficient (Wildman–Crippen LogP) is 3.95. The highest BCUT2D eigenvalue weighted by atomic mass is 16.5. The molecular formula is C24H26N4O2. The molecule has 6 heteroatoms. The van der Waals surface area contributed by atoms with Crippen LogP contribution in [0, 0.1) is 0 Å². The molecule has 0 bridgehead atoms. The Morgan fingerprint density at radius 1 is 1.10 bits per heavy atom. The van der Waals surface area contributed by atoms with Gasteiger partial charge in [-0.05, 0) is 37.0 Å². The molecule has 2 aliphatic carbocycles. The molecular weight excluding hydrogens is 376 g/mol. The third kappa shape index (κ3) is 2.82. The molecule has 154 valence electrons. The van der Waals surface area contributed by atoms with Crippen LogP contribution in [0.25, 0.3) is 16.9 Å². The van der Waals surface area contributed by atoms with Gasteiger partial charge in [0.15, 0.2) is 0 Å². The van der Waals surface area contributed by atoms with Crippen LogP contribution in [0.5, 0.6) is 5.75 Å². The minimum atomic E-state index is -0.167. The Hall–Kier alpha value is -3.12.